The molecule has 1 aromatic heterocycles. The Morgan fingerprint density at radius 3 is 2.53 bits per heavy atom. The van der Waals surface area contributed by atoms with Crippen molar-refractivity contribution in [3.63, 3.8) is 0 Å². The monoisotopic (exact) mass is 454 g/mol. The van der Waals surface area contributed by atoms with Crippen LogP contribution < -0.4 is 14.8 Å². The Labute approximate surface area is 193 Å². The number of hydrogen-bond acceptors (Lipinski definition) is 6. The van der Waals surface area contributed by atoms with Crippen LogP contribution in [0.15, 0.2) is 47.6 Å². The summed E-state index contributed by atoms with van der Waals surface area (Å²) < 4.78 is 13.6. The molecule has 1 atom stereocenters. The average molecular weight is 455 g/mol. The zero-order valence-electron chi connectivity index (χ0n) is 19.2. The number of carbonyl (C=O) groups excluding carboxylic acids is 1. The maximum absolute atomic E-state index is 12.4. The van der Waals surface area contributed by atoms with Crippen LogP contribution in [0.3, 0.4) is 0 Å². The van der Waals surface area contributed by atoms with Crippen molar-refractivity contribution in [1.29, 1.82) is 0 Å². The molecule has 1 heterocycles. The Morgan fingerprint density at radius 1 is 1.12 bits per heavy atom. The lowest BCUT2D eigenvalue weighted by Gasteiger charge is -2.17. The standard InChI is InChI=1S/C24H30N4O3S/c1-6-28-23(18(5)31-21-13-8-16(3)14-17(21)4)26-27-24(28)32-15-22(29)25-19-9-11-20(12-10-19)30-7-2/h8-14,18H,6-7,15H2,1-5H3,(H,25,29). The molecule has 1 unspecified atom stereocenters. The minimum atomic E-state index is -0.268. The Kier molecular flexibility index (Phi) is 8.16. The molecule has 0 spiro atoms. The number of carbonyl (C=O) groups is 1. The summed E-state index contributed by atoms with van der Waals surface area (Å²) in [7, 11) is 0. The molecule has 8 heteroatoms. The maximum atomic E-state index is 12.4. The fourth-order valence-corrected chi connectivity index (χ4v) is 4.12. The third kappa shape index (κ3) is 6.03. The summed E-state index contributed by atoms with van der Waals surface area (Å²) in [5.74, 6) is 2.48. The molecule has 0 saturated heterocycles. The number of ether oxygens (including phenoxy) is 2. The molecule has 0 radical (unpaired) electrons. The number of amides is 1. The van der Waals surface area contributed by atoms with Gasteiger partial charge in [-0.3, -0.25) is 4.79 Å². The van der Waals surface area contributed by atoms with Gasteiger partial charge in [0.05, 0.1) is 12.4 Å². The van der Waals surface area contributed by atoms with Gasteiger partial charge in [-0.1, -0.05) is 29.5 Å². The van der Waals surface area contributed by atoms with Crippen molar-refractivity contribution < 1.29 is 14.3 Å². The lowest BCUT2D eigenvalue weighted by atomic mass is 10.1. The van der Waals surface area contributed by atoms with Crippen LogP contribution in [0.2, 0.25) is 0 Å². The van der Waals surface area contributed by atoms with Crippen LogP contribution in [0.4, 0.5) is 5.69 Å². The number of benzene rings is 2. The largest absolute Gasteiger partial charge is 0.494 e. The van der Waals surface area contributed by atoms with Crippen molar-refractivity contribution in [2.24, 2.45) is 0 Å². The SMILES string of the molecule is CCOc1ccc(NC(=O)CSc2nnc(C(C)Oc3ccc(C)cc3C)n2CC)cc1. The molecule has 3 aromatic rings. The Hall–Kier alpha value is -3.00. The summed E-state index contributed by atoms with van der Waals surface area (Å²) in [4.78, 5) is 12.4. The second-order valence-electron chi connectivity index (χ2n) is 7.41. The maximum Gasteiger partial charge on any atom is 0.234 e. The van der Waals surface area contributed by atoms with Crippen molar-refractivity contribution in [2.75, 3.05) is 17.7 Å². The van der Waals surface area contributed by atoms with Gasteiger partial charge in [0.2, 0.25) is 5.91 Å². The van der Waals surface area contributed by atoms with Crippen LogP contribution in [-0.2, 0) is 11.3 Å². The number of hydrogen-bond donors (Lipinski definition) is 1. The first-order valence-corrected chi connectivity index (χ1v) is 11.7. The molecule has 0 bridgehead atoms. The van der Waals surface area contributed by atoms with Crippen molar-refractivity contribution in [3.05, 3.63) is 59.4 Å². The first-order chi connectivity index (χ1) is 15.4. The van der Waals surface area contributed by atoms with Crippen molar-refractivity contribution in [3.8, 4) is 11.5 Å². The average Bonchev–Trinajstić information content (AvgIpc) is 3.19. The Balaban J connectivity index is 1.60. The van der Waals surface area contributed by atoms with Gasteiger partial charge in [-0.2, -0.15) is 0 Å². The molecule has 0 aliphatic heterocycles. The van der Waals surface area contributed by atoms with Gasteiger partial charge in [0.15, 0.2) is 17.1 Å². The predicted molar refractivity (Wildman–Crippen MR) is 128 cm³/mol. The van der Waals surface area contributed by atoms with Crippen LogP contribution in [-0.4, -0.2) is 33.0 Å². The van der Waals surface area contributed by atoms with E-state index >= 15 is 0 Å². The highest BCUT2D eigenvalue weighted by atomic mass is 32.2. The van der Waals surface area contributed by atoms with E-state index in [2.05, 4.69) is 28.5 Å². The van der Waals surface area contributed by atoms with Crippen molar-refractivity contribution in [1.82, 2.24) is 14.8 Å². The van der Waals surface area contributed by atoms with Gasteiger partial charge < -0.3 is 19.4 Å². The zero-order chi connectivity index (χ0) is 23.1. The van der Waals surface area contributed by atoms with E-state index in [1.54, 1.807) is 0 Å². The lowest BCUT2D eigenvalue weighted by molar-refractivity contribution is -0.113. The van der Waals surface area contributed by atoms with Gasteiger partial charge in [-0.15, -0.1) is 10.2 Å². The van der Waals surface area contributed by atoms with Crippen LogP contribution in [0.25, 0.3) is 0 Å². The third-order valence-corrected chi connectivity index (χ3v) is 5.81. The number of thioether (sulfide) groups is 1. The highest BCUT2D eigenvalue weighted by Gasteiger charge is 2.20. The Morgan fingerprint density at radius 2 is 1.88 bits per heavy atom. The molecule has 32 heavy (non-hydrogen) atoms. The lowest BCUT2D eigenvalue weighted by Crippen LogP contribution is -2.15. The number of aryl methyl sites for hydroxylation is 2. The zero-order valence-corrected chi connectivity index (χ0v) is 20.0. The van der Waals surface area contributed by atoms with E-state index in [1.807, 2.05) is 68.7 Å². The van der Waals surface area contributed by atoms with Crippen LogP contribution >= 0.6 is 11.8 Å². The molecule has 0 saturated carbocycles. The molecule has 1 amide bonds. The normalized spacial score (nSPS) is 11.8. The van der Waals surface area contributed by atoms with Crippen molar-refractivity contribution in [2.45, 2.75) is 52.4 Å². The quantitative estimate of drug-likeness (QED) is 0.425. The summed E-state index contributed by atoms with van der Waals surface area (Å²) in [6.07, 6.45) is -0.268. The topological polar surface area (TPSA) is 78.3 Å². The van der Waals surface area contributed by atoms with E-state index in [0.717, 1.165) is 28.6 Å². The van der Waals surface area contributed by atoms with E-state index < -0.39 is 0 Å². The molecule has 0 aliphatic carbocycles. The van der Waals surface area contributed by atoms with Crippen LogP contribution in [0.5, 0.6) is 11.5 Å². The van der Waals surface area contributed by atoms with Gasteiger partial charge in [0, 0.05) is 12.2 Å². The predicted octanol–water partition coefficient (Wildman–Crippen LogP) is 5.18. The number of anilines is 1. The van der Waals surface area contributed by atoms with Crippen LogP contribution in [0.1, 0.15) is 43.8 Å². The van der Waals surface area contributed by atoms with Gasteiger partial charge in [-0.25, -0.2) is 0 Å². The molecule has 0 aliphatic rings. The number of nitrogens with one attached hydrogen (secondary N) is 1. The summed E-state index contributed by atoms with van der Waals surface area (Å²) in [6, 6.07) is 13.4. The summed E-state index contributed by atoms with van der Waals surface area (Å²) in [6.45, 7) is 11.3. The van der Waals surface area contributed by atoms with Gasteiger partial charge in [0.25, 0.3) is 0 Å². The van der Waals surface area contributed by atoms with E-state index in [0.29, 0.717) is 18.3 Å². The minimum Gasteiger partial charge on any atom is -0.494 e. The van der Waals surface area contributed by atoms with Gasteiger partial charge >= 0.3 is 0 Å². The summed E-state index contributed by atoms with van der Waals surface area (Å²) in [5, 5.41) is 12.2. The second-order valence-corrected chi connectivity index (χ2v) is 8.35. The molecular weight excluding hydrogens is 424 g/mol. The first-order valence-electron chi connectivity index (χ1n) is 10.7. The minimum absolute atomic E-state index is 0.106. The van der Waals surface area contributed by atoms with E-state index in [4.69, 9.17) is 9.47 Å². The molecule has 1 N–H and O–H groups in total. The van der Waals surface area contributed by atoms with E-state index in [9.17, 15) is 4.79 Å². The molecule has 0 fully saturated rings. The smallest absolute Gasteiger partial charge is 0.234 e. The molecule has 170 valence electrons. The summed E-state index contributed by atoms with van der Waals surface area (Å²) >= 11 is 1.36. The fourth-order valence-electron chi connectivity index (χ4n) is 3.31. The fraction of sp³-hybridized carbons (Fsp3) is 0.375. The summed E-state index contributed by atoms with van der Waals surface area (Å²) in [5.41, 5.74) is 3.01. The van der Waals surface area contributed by atoms with Gasteiger partial charge in [-0.05, 0) is 70.5 Å². The van der Waals surface area contributed by atoms with Gasteiger partial charge in [0.1, 0.15) is 11.5 Å². The Bertz CT molecular complexity index is 1050. The molecule has 3 rings (SSSR count). The second kappa shape index (κ2) is 11.0. The molecule has 7 nitrogen and oxygen atoms in total. The number of nitrogens with zero attached hydrogens (tertiary/aromatic N) is 3. The number of aromatic nitrogens is 3. The number of rotatable bonds is 10. The highest BCUT2D eigenvalue weighted by molar-refractivity contribution is 7.99. The van der Waals surface area contributed by atoms with E-state index in [-0.39, 0.29) is 17.8 Å². The molecular formula is C24H30N4O3S. The molecule has 2 aromatic carbocycles. The van der Waals surface area contributed by atoms with Crippen molar-refractivity contribution >= 4 is 23.4 Å². The first kappa shape index (κ1) is 23.7. The van der Waals surface area contributed by atoms with E-state index in [1.165, 1.54) is 17.3 Å². The third-order valence-electron chi connectivity index (χ3n) is 4.84. The van der Waals surface area contributed by atoms with Crippen LogP contribution in [0, 0.1) is 13.8 Å². The highest BCUT2D eigenvalue weighted by Crippen LogP contribution is 2.27.